The van der Waals surface area contributed by atoms with E-state index in [1.54, 1.807) is 0 Å². The largest absolute Gasteiger partial charge is 0.306 e. The molecule has 0 bridgehead atoms. The average Bonchev–Trinajstić information content (AvgIpc) is 2.05. The predicted octanol–water partition coefficient (Wildman–Crippen LogP) is 1.35. The number of halogens is 2. The van der Waals surface area contributed by atoms with Gasteiger partial charge in [-0.3, -0.25) is 0 Å². The van der Waals surface area contributed by atoms with Crippen molar-refractivity contribution in [1.82, 2.24) is 5.32 Å². The highest BCUT2D eigenvalue weighted by Crippen LogP contribution is 2.18. The number of nitrogens with one attached hydrogen (secondary N) is 1. The van der Waals surface area contributed by atoms with Gasteiger partial charge in [-0.2, -0.15) is 0 Å². The van der Waals surface area contributed by atoms with Gasteiger partial charge in [-0.1, -0.05) is 6.42 Å². The van der Waals surface area contributed by atoms with Gasteiger partial charge >= 0.3 is 0 Å². The number of carbonyl (C=O) groups is 1. The SMILES string of the molecule is O=CCC1CCCC(C(F)F)N1. The number of rotatable bonds is 3. The van der Waals surface area contributed by atoms with Gasteiger partial charge in [-0.05, 0) is 12.8 Å². The highest BCUT2D eigenvalue weighted by Gasteiger charge is 2.26. The molecule has 1 N–H and O–H groups in total. The van der Waals surface area contributed by atoms with Crippen LogP contribution in [-0.4, -0.2) is 24.8 Å². The van der Waals surface area contributed by atoms with Crippen LogP contribution < -0.4 is 5.32 Å². The predicted molar refractivity (Wildman–Crippen MR) is 41.2 cm³/mol. The lowest BCUT2D eigenvalue weighted by Crippen LogP contribution is -2.46. The molecule has 12 heavy (non-hydrogen) atoms. The van der Waals surface area contributed by atoms with Crippen LogP contribution in [0.5, 0.6) is 0 Å². The summed E-state index contributed by atoms with van der Waals surface area (Å²) in [7, 11) is 0. The number of alkyl halides is 2. The van der Waals surface area contributed by atoms with Gasteiger partial charge in [0.15, 0.2) is 0 Å². The molecule has 1 rings (SSSR count). The van der Waals surface area contributed by atoms with E-state index in [9.17, 15) is 13.6 Å². The van der Waals surface area contributed by atoms with Crippen molar-refractivity contribution in [2.75, 3.05) is 0 Å². The van der Waals surface area contributed by atoms with Gasteiger partial charge in [0.1, 0.15) is 6.29 Å². The van der Waals surface area contributed by atoms with Crippen LogP contribution in [0.2, 0.25) is 0 Å². The molecule has 1 aliphatic rings. The van der Waals surface area contributed by atoms with Gasteiger partial charge in [-0.15, -0.1) is 0 Å². The Labute approximate surface area is 70.3 Å². The second-order valence-electron chi connectivity index (χ2n) is 3.14. The molecule has 2 atom stereocenters. The van der Waals surface area contributed by atoms with Crippen LogP contribution in [0, 0.1) is 0 Å². The van der Waals surface area contributed by atoms with E-state index in [0.717, 1.165) is 19.1 Å². The molecule has 0 aromatic carbocycles. The minimum Gasteiger partial charge on any atom is -0.306 e. The van der Waals surface area contributed by atoms with Crippen molar-refractivity contribution in [2.24, 2.45) is 0 Å². The Bertz CT molecular complexity index is 152. The Balaban J connectivity index is 2.34. The van der Waals surface area contributed by atoms with Crippen LogP contribution in [0.3, 0.4) is 0 Å². The zero-order chi connectivity index (χ0) is 8.97. The Morgan fingerprint density at radius 2 is 2.25 bits per heavy atom. The van der Waals surface area contributed by atoms with Crippen molar-refractivity contribution in [1.29, 1.82) is 0 Å². The Kier molecular flexibility index (Phi) is 3.59. The fourth-order valence-corrected chi connectivity index (χ4v) is 1.55. The molecule has 4 heteroatoms. The normalized spacial score (nSPS) is 30.6. The molecule has 0 amide bonds. The zero-order valence-electron chi connectivity index (χ0n) is 6.80. The standard InChI is InChI=1S/C8H13F2NO/c9-8(10)7-3-1-2-6(11-7)4-5-12/h5-8,11H,1-4H2. The third-order valence-corrected chi connectivity index (χ3v) is 2.20. The van der Waals surface area contributed by atoms with Crippen LogP contribution in [-0.2, 0) is 4.79 Å². The molecule has 2 unspecified atom stereocenters. The lowest BCUT2D eigenvalue weighted by Gasteiger charge is -2.29. The molecule has 0 saturated carbocycles. The van der Waals surface area contributed by atoms with Gasteiger partial charge in [0.25, 0.3) is 6.43 Å². The van der Waals surface area contributed by atoms with Gasteiger partial charge in [0, 0.05) is 12.5 Å². The van der Waals surface area contributed by atoms with E-state index < -0.39 is 12.5 Å². The molecule has 2 nitrogen and oxygen atoms in total. The van der Waals surface area contributed by atoms with Gasteiger partial charge in [0.2, 0.25) is 0 Å². The second kappa shape index (κ2) is 4.50. The fourth-order valence-electron chi connectivity index (χ4n) is 1.55. The Hall–Kier alpha value is -0.510. The van der Waals surface area contributed by atoms with Crippen LogP contribution >= 0.6 is 0 Å². The van der Waals surface area contributed by atoms with Crippen molar-refractivity contribution in [3.05, 3.63) is 0 Å². The smallest absolute Gasteiger partial charge is 0.253 e. The maximum absolute atomic E-state index is 12.2. The van der Waals surface area contributed by atoms with Gasteiger partial charge < -0.3 is 10.1 Å². The number of piperidine rings is 1. The first-order chi connectivity index (χ1) is 5.74. The fraction of sp³-hybridized carbons (Fsp3) is 0.875. The van der Waals surface area contributed by atoms with Crippen LogP contribution in [0.1, 0.15) is 25.7 Å². The van der Waals surface area contributed by atoms with Crippen molar-refractivity contribution in [3.63, 3.8) is 0 Å². The first kappa shape index (κ1) is 9.58. The highest BCUT2D eigenvalue weighted by atomic mass is 19.3. The lowest BCUT2D eigenvalue weighted by atomic mass is 9.97. The maximum atomic E-state index is 12.2. The summed E-state index contributed by atoms with van der Waals surface area (Å²) in [5.74, 6) is 0. The van der Waals surface area contributed by atoms with E-state index in [0.29, 0.717) is 12.8 Å². The first-order valence-electron chi connectivity index (χ1n) is 4.22. The quantitative estimate of drug-likeness (QED) is 0.659. The molecule has 1 fully saturated rings. The average molecular weight is 177 g/mol. The molecule has 0 spiro atoms. The van der Waals surface area contributed by atoms with Crippen LogP contribution in [0.15, 0.2) is 0 Å². The van der Waals surface area contributed by atoms with Crippen molar-refractivity contribution in [2.45, 2.75) is 44.2 Å². The van der Waals surface area contributed by atoms with Crippen molar-refractivity contribution >= 4 is 6.29 Å². The molecular weight excluding hydrogens is 164 g/mol. The molecule has 0 aliphatic carbocycles. The summed E-state index contributed by atoms with van der Waals surface area (Å²) in [4.78, 5) is 10.1. The molecule has 0 aromatic rings. The number of aldehydes is 1. The lowest BCUT2D eigenvalue weighted by molar-refractivity contribution is -0.108. The minimum absolute atomic E-state index is 0.0322. The van der Waals surface area contributed by atoms with E-state index in [4.69, 9.17) is 0 Å². The third kappa shape index (κ3) is 2.52. The van der Waals surface area contributed by atoms with Gasteiger partial charge in [-0.25, -0.2) is 8.78 Å². The van der Waals surface area contributed by atoms with E-state index in [1.807, 2.05) is 0 Å². The first-order valence-corrected chi connectivity index (χ1v) is 4.22. The Morgan fingerprint density at radius 1 is 1.50 bits per heavy atom. The minimum atomic E-state index is -2.31. The molecule has 0 aromatic heterocycles. The summed E-state index contributed by atoms with van der Waals surface area (Å²) >= 11 is 0. The van der Waals surface area contributed by atoms with E-state index >= 15 is 0 Å². The topological polar surface area (TPSA) is 29.1 Å². The van der Waals surface area contributed by atoms with Crippen molar-refractivity contribution < 1.29 is 13.6 Å². The van der Waals surface area contributed by atoms with E-state index in [-0.39, 0.29) is 6.04 Å². The molecule has 1 heterocycles. The second-order valence-corrected chi connectivity index (χ2v) is 3.14. The highest BCUT2D eigenvalue weighted by molar-refractivity contribution is 5.50. The molecule has 1 saturated heterocycles. The summed E-state index contributed by atoms with van der Waals surface area (Å²) in [6, 6.07) is -0.737. The third-order valence-electron chi connectivity index (χ3n) is 2.20. The van der Waals surface area contributed by atoms with Crippen molar-refractivity contribution in [3.8, 4) is 0 Å². The summed E-state index contributed by atoms with van der Waals surface area (Å²) in [5.41, 5.74) is 0. The molecular formula is C8H13F2NO. The Morgan fingerprint density at radius 3 is 2.83 bits per heavy atom. The number of hydrogen-bond acceptors (Lipinski definition) is 2. The number of carbonyl (C=O) groups excluding carboxylic acids is 1. The van der Waals surface area contributed by atoms with E-state index in [1.165, 1.54) is 0 Å². The van der Waals surface area contributed by atoms with E-state index in [2.05, 4.69) is 5.32 Å². The molecule has 1 aliphatic heterocycles. The monoisotopic (exact) mass is 177 g/mol. The van der Waals surface area contributed by atoms with Gasteiger partial charge in [0.05, 0.1) is 6.04 Å². The summed E-state index contributed by atoms with van der Waals surface area (Å²) in [6.45, 7) is 0. The zero-order valence-corrected chi connectivity index (χ0v) is 6.80. The van der Waals surface area contributed by atoms with Crippen LogP contribution in [0.4, 0.5) is 8.78 Å². The number of hydrogen-bond donors (Lipinski definition) is 1. The maximum Gasteiger partial charge on any atom is 0.253 e. The summed E-state index contributed by atoms with van der Waals surface area (Å²) < 4.78 is 24.4. The van der Waals surface area contributed by atoms with Crippen LogP contribution in [0.25, 0.3) is 0 Å². The molecule has 70 valence electrons. The summed E-state index contributed by atoms with van der Waals surface area (Å²) in [6.07, 6.45) is 0.976. The summed E-state index contributed by atoms with van der Waals surface area (Å²) in [5, 5.41) is 2.77. The molecule has 0 radical (unpaired) electrons.